The van der Waals surface area contributed by atoms with E-state index in [-0.39, 0.29) is 11.8 Å². The Morgan fingerprint density at radius 2 is 2.05 bits per heavy atom. The number of ether oxygens (including phenoxy) is 2. The maximum absolute atomic E-state index is 12.3. The van der Waals surface area contributed by atoms with Gasteiger partial charge in [0.25, 0.3) is 0 Å². The van der Waals surface area contributed by atoms with Crippen LogP contribution in [0.15, 0.2) is 30.3 Å². The van der Waals surface area contributed by atoms with Crippen LogP contribution in [0.2, 0.25) is 0 Å². The van der Waals surface area contributed by atoms with E-state index in [1.165, 1.54) is 0 Å². The number of carbonyl (C=O) groups is 1. The molecule has 1 aromatic rings. The van der Waals surface area contributed by atoms with Crippen molar-refractivity contribution in [1.82, 2.24) is 4.90 Å². The summed E-state index contributed by atoms with van der Waals surface area (Å²) in [5.74, 6) is 0.226. The van der Waals surface area contributed by atoms with Gasteiger partial charge in [-0.3, -0.25) is 4.79 Å². The fourth-order valence-corrected chi connectivity index (χ4v) is 2.61. The first-order valence-electron chi connectivity index (χ1n) is 7.88. The monoisotopic (exact) mass is 306 g/mol. The summed E-state index contributed by atoms with van der Waals surface area (Å²) >= 11 is 0. The Kier molecular flexibility index (Phi) is 6.83. The van der Waals surface area contributed by atoms with Crippen molar-refractivity contribution < 1.29 is 14.3 Å². The van der Waals surface area contributed by atoms with Crippen molar-refractivity contribution in [1.29, 1.82) is 0 Å². The van der Waals surface area contributed by atoms with Crippen LogP contribution >= 0.6 is 0 Å². The Balaban J connectivity index is 1.67. The molecule has 22 heavy (non-hydrogen) atoms. The molecule has 1 aromatic carbocycles. The van der Waals surface area contributed by atoms with Crippen molar-refractivity contribution in [3.63, 3.8) is 0 Å². The van der Waals surface area contributed by atoms with Crippen LogP contribution < -0.4 is 5.73 Å². The topological polar surface area (TPSA) is 64.8 Å². The molecule has 0 saturated carbocycles. The Labute approximate surface area is 132 Å². The fraction of sp³-hybridized carbons (Fsp3) is 0.588. The van der Waals surface area contributed by atoms with Crippen LogP contribution in [0.3, 0.4) is 0 Å². The smallest absolute Gasteiger partial charge is 0.239 e. The molecule has 1 unspecified atom stereocenters. The second kappa shape index (κ2) is 8.88. The Morgan fingerprint density at radius 1 is 1.36 bits per heavy atom. The number of likely N-dealkylation sites (N-methyl/N-ethyl adjacent to an activating group) is 1. The summed E-state index contributed by atoms with van der Waals surface area (Å²) in [7, 11) is 1.79. The Morgan fingerprint density at radius 3 is 2.73 bits per heavy atom. The number of amides is 1. The number of carbonyl (C=O) groups excluding carboxylic acids is 1. The van der Waals surface area contributed by atoms with E-state index in [0.717, 1.165) is 18.4 Å². The van der Waals surface area contributed by atoms with Crippen LogP contribution in [-0.2, 0) is 20.9 Å². The molecule has 1 atom stereocenters. The van der Waals surface area contributed by atoms with Gasteiger partial charge in [0.15, 0.2) is 0 Å². The van der Waals surface area contributed by atoms with E-state index in [4.69, 9.17) is 15.2 Å². The lowest BCUT2D eigenvalue weighted by atomic mass is 9.91. The molecule has 0 radical (unpaired) electrons. The fourth-order valence-electron chi connectivity index (χ4n) is 2.61. The molecule has 5 heteroatoms. The van der Waals surface area contributed by atoms with Gasteiger partial charge in [0.2, 0.25) is 5.91 Å². The van der Waals surface area contributed by atoms with Crippen LogP contribution in [0.4, 0.5) is 0 Å². The van der Waals surface area contributed by atoms with Crippen molar-refractivity contribution in [2.75, 3.05) is 33.4 Å². The molecule has 2 rings (SSSR count). The maximum atomic E-state index is 12.3. The third kappa shape index (κ3) is 5.09. The third-order valence-corrected chi connectivity index (χ3v) is 4.12. The van der Waals surface area contributed by atoms with Crippen LogP contribution in [0.5, 0.6) is 0 Å². The molecule has 1 saturated heterocycles. The molecule has 5 nitrogen and oxygen atoms in total. The summed E-state index contributed by atoms with van der Waals surface area (Å²) in [6, 6.07) is 9.57. The van der Waals surface area contributed by atoms with Gasteiger partial charge in [-0.15, -0.1) is 0 Å². The zero-order chi connectivity index (χ0) is 15.8. The van der Waals surface area contributed by atoms with Gasteiger partial charge in [-0.25, -0.2) is 0 Å². The van der Waals surface area contributed by atoms with Gasteiger partial charge in [0.1, 0.15) is 0 Å². The minimum absolute atomic E-state index is 0.00443. The molecule has 1 aliphatic rings. The quantitative estimate of drug-likeness (QED) is 0.774. The van der Waals surface area contributed by atoms with Crippen LogP contribution in [0, 0.1) is 5.92 Å². The first kappa shape index (κ1) is 16.9. The normalized spacial score (nSPS) is 17.2. The molecule has 0 bridgehead atoms. The van der Waals surface area contributed by atoms with E-state index in [1.54, 1.807) is 11.9 Å². The third-order valence-electron chi connectivity index (χ3n) is 4.12. The zero-order valence-electron chi connectivity index (χ0n) is 13.2. The summed E-state index contributed by atoms with van der Waals surface area (Å²) in [4.78, 5) is 14.0. The molecular formula is C17H26N2O3. The average molecular weight is 306 g/mol. The highest BCUT2D eigenvalue weighted by molar-refractivity contribution is 5.81. The average Bonchev–Trinajstić information content (AvgIpc) is 2.59. The lowest BCUT2D eigenvalue weighted by molar-refractivity contribution is -0.134. The minimum atomic E-state index is -0.428. The van der Waals surface area contributed by atoms with Crippen molar-refractivity contribution in [3.8, 4) is 0 Å². The highest BCUT2D eigenvalue weighted by Crippen LogP contribution is 2.18. The van der Waals surface area contributed by atoms with Crippen molar-refractivity contribution in [3.05, 3.63) is 35.9 Å². The lowest BCUT2D eigenvalue weighted by Crippen LogP contribution is -2.48. The lowest BCUT2D eigenvalue weighted by Gasteiger charge is -2.29. The van der Waals surface area contributed by atoms with Crippen molar-refractivity contribution >= 4 is 5.91 Å². The first-order valence-corrected chi connectivity index (χ1v) is 7.88. The Hall–Kier alpha value is -1.43. The predicted molar refractivity (Wildman–Crippen MR) is 85.3 cm³/mol. The van der Waals surface area contributed by atoms with E-state index in [0.29, 0.717) is 33.0 Å². The van der Waals surface area contributed by atoms with Gasteiger partial charge in [-0.05, 0) is 24.3 Å². The molecule has 122 valence electrons. The number of nitrogens with zero attached hydrogens (tertiary/aromatic N) is 1. The number of hydrogen-bond acceptors (Lipinski definition) is 4. The van der Waals surface area contributed by atoms with E-state index in [1.807, 2.05) is 30.3 Å². The summed E-state index contributed by atoms with van der Waals surface area (Å²) in [6.07, 6.45) is 1.73. The summed E-state index contributed by atoms with van der Waals surface area (Å²) in [6.45, 7) is 3.04. The molecule has 0 aliphatic carbocycles. The molecular weight excluding hydrogens is 280 g/mol. The second-order valence-electron chi connectivity index (χ2n) is 5.77. The Bertz CT molecular complexity index is 446. The number of hydrogen-bond donors (Lipinski definition) is 1. The zero-order valence-corrected chi connectivity index (χ0v) is 13.2. The number of benzene rings is 1. The molecule has 1 aliphatic heterocycles. The molecule has 1 heterocycles. The van der Waals surface area contributed by atoms with Crippen molar-refractivity contribution in [2.24, 2.45) is 11.7 Å². The summed E-state index contributed by atoms with van der Waals surface area (Å²) in [5.41, 5.74) is 7.24. The van der Waals surface area contributed by atoms with Crippen LogP contribution in [0.1, 0.15) is 18.4 Å². The van der Waals surface area contributed by atoms with Gasteiger partial charge in [0.05, 0.1) is 19.3 Å². The highest BCUT2D eigenvalue weighted by Gasteiger charge is 2.28. The largest absolute Gasteiger partial charge is 0.381 e. The maximum Gasteiger partial charge on any atom is 0.239 e. The molecule has 1 amide bonds. The van der Waals surface area contributed by atoms with E-state index in [9.17, 15) is 4.79 Å². The van der Waals surface area contributed by atoms with Crippen LogP contribution in [0.25, 0.3) is 0 Å². The van der Waals surface area contributed by atoms with Gasteiger partial charge in [-0.2, -0.15) is 0 Å². The molecule has 0 aromatic heterocycles. The van der Waals surface area contributed by atoms with Gasteiger partial charge in [-0.1, -0.05) is 30.3 Å². The number of nitrogens with two attached hydrogens (primary N) is 1. The summed E-state index contributed by atoms with van der Waals surface area (Å²) in [5, 5.41) is 0. The summed E-state index contributed by atoms with van der Waals surface area (Å²) < 4.78 is 10.9. The molecule has 0 spiro atoms. The van der Waals surface area contributed by atoms with Gasteiger partial charge >= 0.3 is 0 Å². The SMILES string of the molecule is CN(CCOCc1ccccc1)C(=O)C(N)C1CCOCC1. The molecule has 1 fully saturated rings. The van der Waals surface area contributed by atoms with Gasteiger partial charge < -0.3 is 20.1 Å². The minimum Gasteiger partial charge on any atom is -0.381 e. The number of rotatable bonds is 7. The predicted octanol–water partition coefficient (Wildman–Crippen LogP) is 1.42. The van der Waals surface area contributed by atoms with Crippen molar-refractivity contribution in [2.45, 2.75) is 25.5 Å². The highest BCUT2D eigenvalue weighted by atomic mass is 16.5. The van der Waals surface area contributed by atoms with E-state index >= 15 is 0 Å². The first-order chi connectivity index (χ1) is 10.7. The standard InChI is InChI=1S/C17H26N2O3/c1-19(9-12-22-13-14-5-3-2-4-6-14)17(20)16(18)15-7-10-21-11-8-15/h2-6,15-16H,7-13,18H2,1H3. The van der Waals surface area contributed by atoms with E-state index in [2.05, 4.69) is 0 Å². The van der Waals surface area contributed by atoms with E-state index < -0.39 is 6.04 Å². The van der Waals surface area contributed by atoms with Crippen LogP contribution in [-0.4, -0.2) is 50.3 Å². The molecule has 2 N–H and O–H groups in total. The second-order valence-corrected chi connectivity index (χ2v) is 5.77. The van der Waals surface area contributed by atoms with Gasteiger partial charge in [0, 0.05) is 26.8 Å².